The van der Waals surface area contributed by atoms with E-state index < -0.39 is 0 Å². The Morgan fingerprint density at radius 1 is 0.789 bits per heavy atom. The Bertz CT molecular complexity index is 863. The summed E-state index contributed by atoms with van der Waals surface area (Å²) in [7, 11) is 0. The normalized spacial score (nSPS) is 22.3. The van der Waals surface area contributed by atoms with E-state index in [1.54, 1.807) is 0 Å². The lowest BCUT2D eigenvalue weighted by molar-refractivity contribution is -0.119. The van der Waals surface area contributed by atoms with Gasteiger partial charge in [0.05, 0.1) is 13.2 Å². The number of halogens is 2. The number of ether oxygens (including phenoxy) is 1. The minimum Gasteiger partial charge on any atom is -0.378 e. The molecule has 1 aromatic rings. The van der Waals surface area contributed by atoms with Gasteiger partial charge in [-0.1, -0.05) is 0 Å². The van der Waals surface area contributed by atoms with Gasteiger partial charge >= 0.3 is 0 Å². The van der Waals surface area contributed by atoms with Crippen molar-refractivity contribution in [2.45, 2.75) is 24.9 Å². The third kappa shape index (κ3) is 7.92. The molecule has 13 nitrogen and oxygen atoms in total. The zero-order valence-electron chi connectivity index (χ0n) is 21.6. The van der Waals surface area contributed by atoms with E-state index in [0.717, 1.165) is 52.1 Å². The van der Waals surface area contributed by atoms with E-state index in [4.69, 9.17) is 42.9 Å². The van der Waals surface area contributed by atoms with Gasteiger partial charge in [-0.15, -0.1) is 23.2 Å². The standard InChI is InChI=1S/C23H38Cl2N10O3/c24-13-19(36)28-3-1-17-15-26-5-7-34(17)22-30-21(33-9-11-38-12-10-33)31-23(32-22)35-8-6-27-16-18(35)2-4-29-20(37)14-25/h17-18,26-27H,1-16H2,(H,28,36)(H,29,37). The number of carbonyl (C=O) groups is 2. The molecule has 4 rings (SSSR count). The first-order valence-electron chi connectivity index (χ1n) is 13.3. The van der Waals surface area contributed by atoms with Gasteiger partial charge in [0.1, 0.15) is 11.8 Å². The van der Waals surface area contributed by atoms with Gasteiger partial charge in [0.15, 0.2) is 0 Å². The summed E-state index contributed by atoms with van der Waals surface area (Å²) in [5, 5.41) is 12.6. The zero-order valence-corrected chi connectivity index (χ0v) is 23.1. The van der Waals surface area contributed by atoms with Crippen molar-refractivity contribution in [2.75, 3.05) is 105 Å². The van der Waals surface area contributed by atoms with Crippen LogP contribution in [0.4, 0.5) is 17.8 Å². The van der Waals surface area contributed by atoms with Crippen molar-refractivity contribution in [1.29, 1.82) is 0 Å². The van der Waals surface area contributed by atoms with Gasteiger partial charge in [0, 0.05) is 77.5 Å². The summed E-state index contributed by atoms with van der Waals surface area (Å²) in [6.07, 6.45) is 1.47. The van der Waals surface area contributed by atoms with Crippen molar-refractivity contribution >= 4 is 52.9 Å². The van der Waals surface area contributed by atoms with Crippen LogP contribution in [0.3, 0.4) is 0 Å². The highest BCUT2D eigenvalue weighted by atomic mass is 35.5. The average molecular weight is 574 g/mol. The summed E-state index contributed by atoms with van der Waals surface area (Å²) in [5.74, 6) is 1.48. The first kappa shape index (κ1) is 28.8. The third-order valence-electron chi connectivity index (χ3n) is 6.95. The quantitative estimate of drug-likeness (QED) is 0.236. The third-order valence-corrected chi connectivity index (χ3v) is 7.44. The number of hydrogen-bond acceptors (Lipinski definition) is 11. The lowest BCUT2D eigenvalue weighted by Crippen LogP contribution is -2.54. The Kier molecular flexibility index (Phi) is 11.2. The maximum atomic E-state index is 11.6. The fourth-order valence-corrected chi connectivity index (χ4v) is 5.11. The number of amides is 2. The molecule has 2 unspecified atom stereocenters. The van der Waals surface area contributed by atoms with Crippen molar-refractivity contribution < 1.29 is 14.3 Å². The fraction of sp³-hybridized carbons (Fsp3) is 0.783. The number of piperazine rings is 2. The van der Waals surface area contributed by atoms with Crippen LogP contribution in [0.2, 0.25) is 0 Å². The maximum Gasteiger partial charge on any atom is 0.234 e. The van der Waals surface area contributed by atoms with Crippen LogP contribution in [0, 0.1) is 0 Å². The first-order valence-corrected chi connectivity index (χ1v) is 14.3. The van der Waals surface area contributed by atoms with Gasteiger partial charge in [-0.3, -0.25) is 9.59 Å². The number of morpholine rings is 1. The Hall–Kier alpha value is -2.19. The smallest absolute Gasteiger partial charge is 0.234 e. The Balaban J connectivity index is 1.58. The second-order valence-corrected chi connectivity index (χ2v) is 10.0. The number of nitrogens with one attached hydrogen (secondary N) is 4. The van der Waals surface area contributed by atoms with E-state index in [1.165, 1.54) is 0 Å². The van der Waals surface area contributed by atoms with E-state index in [9.17, 15) is 9.59 Å². The second kappa shape index (κ2) is 14.8. The summed E-state index contributed by atoms with van der Waals surface area (Å²) < 4.78 is 5.56. The van der Waals surface area contributed by atoms with Crippen LogP contribution >= 0.6 is 23.2 Å². The molecule has 0 spiro atoms. The van der Waals surface area contributed by atoms with Crippen LogP contribution in [-0.4, -0.2) is 129 Å². The summed E-state index contributed by atoms with van der Waals surface area (Å²) in [6.45, 7) is 8.39. The summed E-state index contributed by atoms with van der Waals surface area (Å²) >= 11 is 11.3. The van der Waals surface area contributed by atoms with Crippen LogP contribution in [0.1, 0.15) is 12.8 Å². The monoisotopic (exact) mass is 572 g/mol. The van der Waals surface area contributed by atoms with Gasteiger partial charge in [0.25, 0.3) is 0 Å². The molecular formula is C23H38Cl2N10O3. The van der Waals surface area contributed by atoms with E-state index >= 15 is 0 Å². The van der Waals surface area contributed by atoms with Gasteiger partial charge in [-0.2, -0.15) is 15.0 Å². The number of anilines is 3. The molecule has 3 aliphatic rings. The lowest BCUT2D eigenvalue weighted by atomic mass is 10.1. The first-order chi connectivity index (χ1) is 18.6. The number of hydrogen-bond donors (Lipinski definition) is 4. The molecule has 38 heavy (non-hydrogen) atoms. The molecule has 2 amide bonds. The van der Waals surface area contributed by atoms with Crippen LogP contribution < -0.4 is 36.0 Å². The van der Waals surface area contributed by atoms with E-state index in [1.807, 2.05) is 0 Å². The number of aromatic nitrogens is 3. The second-order valence-electron chi connectivity index (χ2n) is 9.48. The van der Waals surface area contributed by atoms with Gasteiger partial charge in [0.2, 0.25) is 29.7 Å². The van der Waals surface area contributed by atoms with Crippen molar-refractivity contribution in [2.24, 2.45) is 0 Å². The number of alkyl halides is 2. The highest BCUT2D eigenvalue weighted by Gasteiger charge is 2.30. The summed E-state index contributed by atoms with van der Waals surface area (Å²) in [4.78, 5) is 44.7. The Labute approximate surface area is 233 Å². The predicted molar refractivity (Wildman–Crippen MR) is 148 cm³/mol. The van der Waals surface area contributed by atoms with Gasteiger partial charge in [-0.25, -0.2) is 0 Å². The van der Waals surface area contributed by atoms with Crippen LogP contribution in [0.25, 0.3) is 0 Å². The topological polar surface area (TPSA) is 140 Å². The molecule has 212 valence electrons. The van der Waals surface area contributed by atoms with E-state index in [2.05, 4.69) is 36.0 Å². The van der Waals surface area contributed by atoms with Gasteiger partial charge in [-0.05, 0) is 12.8 Å². The molecule has 0 bridgehead atoms. The maximum absolute atomic E-state index is 11.6. The molecule has 1 aromatic heterocycles. The molecule has 15 heteroatoms. The molecule has 3 fully saturated rings. The molecule has 3 saturated heterocycles. The molecule has 4 N–H and O–H groups in total. The zero-order chi connectivity index (χ0) is 26.7. The van der Waals surface area contributed by atoms with Crippen molar-refractivity contribution in [3.8, 4) is 0 Å². The molecule has 0 radical (unpaired) electrons. The highest BCUT2D eigenvalue weighted by molar-refractivity contribution is 6.27. The van der Waals surface area contributed by atoms with E-state index in [-0.39, 0.29) is 35.7 Å². The fourth-order valence-electron chi connectivity index (χ4n) is 4.92. The molecule has 3 aliphatic heterocycles. The van der Waals surface area contributed by atoms with Crippen LogP contribution in [0.15, 0.2) is 0 Å². The minimum absolute atomic E-state index is 0.0478. The minimum atomic E-state index is -0.175. The molecule has 2 atom stereocenters. The largest absolute Gasteiger partial charge is 0.378 e. The summed E-state index contributed by atoms with van der Waals surface area (Å²) in [6, 6.07) is 0.216. The van der Waals surface area contributed by atoms with Crippen molar-refractivity contribution in [3.05, 3.63) is 0 Å². The number of rotatable bonds is 11. The van der Waals surface area contributed by atoms with E-state index in [0.29, 0.717) is 57.2 Å². The van der Waals surface area contributed by atoms with Crippen molar-refractivity contribution in [1.82, 2.24) is 36.2 Å². The highest BCUT2D eigenvalue weighted by Crippen LogP contribution is 2.25. The molecular weight excluding hydrogens is 535 g/mol. The number of carbonyl (C=O) groups excluding carboxylic acids is 2. The van der Waals surface area contributed by atoms with Crippen molar-refractivity contribution in [3.63, 3.8) is 0 Å². The molecule has 0 saturated carbocycles. The van der Waals surface area contributed by atoms with Gasteiger partial charge < -0.3 is 40.7 Å². The predicted octanol–water partition coefficient (Wildman–Crippen LogP) is -1.25. The van der Waals surface area contributed by atoms with Crippen LogP contribution in [-0.2, 0) is 14.3 Å². The average Bonchev–Trinajstić information content (AvgIpc) is 2.97. The Morgan fingerprint density at radius 2 is 1.26 bits per heavy atom. The molecule has 0 aliphatic carbocycles. The van der Waals surface area contributed by atoms with Crippen LogP contribution in [0.5, 0.6) is 0 Å². The number of nitrogens with zero attached hydrogens (tertiary/aromatic N) is 6. The summed E-state index contributed by atoms with van der Waals surface area (Å²) in [5.41, 5.74) is 0. The molecule has 0 aromatic carbocycles. The Morgan fingerprint density at radius 3 is 1.74 bits per heavy atom. The SMILES string of the molecule is O=C(CCl)NCCC1CNCCN1c1nc(N2CCOCC2)nc(N2CCNCC2CCNC(=O)CCl)n1. The molecule has 4 heterocycles. The lowest BCUT2D eigenvalue weighted by Gasteiger charge is -2.39.